The molecule has 1 atom stereocenters. The summed E-state index contributed by atoms with van der Waals surface area (Å²) in [6.45, 7) is 15.8. The lowest BCUT2D eigenvalue weighted by molar-refractivity contribution is 0.0944. The van der Waals surface area contributed by atoms with Gasteiger partial charge in [-0.25, -0.2) is 0 Å². The summed E-state index contributed by atoms with van der Waals surface area (Å²) >= 11 is 0. The Hall–Kier alpha value is -0.860. The van der Waals surface area contributed by atoms with E-state index in [-0.39, 0.29) is 5.54 Å². The molecular weight excluding hydrogens is 244 g/mol. The normalized spacial score (nSPS) is 14.1. The van der Waals surface area contributed by atoms with E-state index in [9.17, 15) is 0 Å². The maximum absolute atomic E-state index is 3.51. The Balaban J connectivity index is 3.05. The Bertz CT molecular complexity index is 388. The molecule has 1 aromatic rings. The number of nitrogens with one attached hydrogen (secondary N) is 1. The van der Waals surface area contributed by atoms with Gasteiger partial charge in [-0.3, -0.25) is 4.90 Å². The Kier molecular flexibility index (Phi) is 6.22. The summed E-state index contributed by atoms with van der Waals surface area (Å²) in [6, 6.07) is 9.43. The largest absolute Gasteiger partial charge is 0.311 e. The van der Waals surface area contributed by atoms with Crippen molar-refractivity contribution in [2.45, 2.75) is 59.0 Å². The summed E-state index contributed by atoms with van der Waals surface area (Å²) in [7, 11) is 2.06. The van der Waals surface area contributed by atoms with Crippen LogP contribution in [-0.4, -0.2) is 30.6 Å². The number of likely N-dealkylation sites (N-methyl/N-ethyl adjacent to an activating group) is 2. The topological polar surface area (TPSA) is 15.3 Å². The van der Waals surface area contributed by atoms with Crippen LogP contribution in [0.5, 0.6) is 0 Å². The van der Waals surface area contributed by atoms with Crippen molar-refractivity contribution in [1.29, 1.82) is 0 Å². The van der Waals surface area contributed by atoms with Crippen LogP contribution in [0.2, 0.25) is 0 Å². The molecule has 2 heteroatoms. The van der Waals surface area contributed by atoms with Crippen LogP contribution < -0.4 is 5.32 Å². The molecule has 0 amide bonds. The molecule has 1 rings (SSSR count). The van der Waals surface area contributed by atoms with E-state index in [1.165, 1.54) is 11.1 Å². The molecule has 0 aromatic heterocycles. The van der Waals surface area contributed by atoms with Crippen LogP contribution in [0.3, 0.4) is 0 Å². The van der Waals surface area contributed by atoms with E-state index in [4.69, 9.17) is 0 Å². The van der Waals surface area contributed by atoms with Crippen molar-refractivity contribution < 1.29 is 0 Å². The molecule has 114 valence electrons. The van der Waals surface area contributed by atoms with Gasteiger partial charge in [0, 0.05) is 11.6 Å². The number of nitrogens with zero attached hydrogens (tertiary/aromatic N) is 1. The minimum absolute atomic E-state index is 0.0948. The van der Waals surface area contributed by atoms with Gasteiger partial charge in [-0.05, 0) is 51.0 Å². The fourth-order valence-electron chi connectivity index (χ4n) is 3.22. The summed E-state index contributed by atoms with van der Waals surface area (Å²) in [6.07, 6.45) is 0. The van der Waals surface area contributed by atoms with E-state index in [1.54, 1.807) is 0 Å². The summed E-state index contributed by atoms with van der Waals surface area (Å²) in [5, 5.41) is 3.51. The van der Waals surface area contributed by atoms with E-state index in [0.717, 1.165) is 13.1 Å². The van der Waals surface area contributed by atoms with Crippen LogP contribution in [0.4, 0.5) is 0 Å². The molecule has 0 spiro atoms. The second kappa shape index (κ2) is 7.24. The lowest BCUT2D eigenvalue weighted by atomic mass is 9.86. The third kappa shape index (κ3) is 3.62. The minimum atomic E-state index is 0.0948. The molecule has 1 aromatic carbocycles. The van der Waals surface area contributed by atoms with Crippen LogP contribution in [-0.2, 0) is 0 Å². The molecular formula is C18H32N2. The number of hydrogen-bond acceptors (Lipinski definition) is 2. The first-order chi connectivity index (χ1) is 9.38. The highest BCUT2D eigenvalue weighted by Crippen LogP contribution is 2.31. The second-order valence-electron chi connectivity index (χ2n) is 6.37. The maximum Gasteiger partial charge on any atom is 0.0499 e. The van der Waals surface area contributed by atoms with Crippen molar-refractivity contribution >= 4 is 0 Å². The molecule has 0 saturated heterocycles. The van der Waals surface area contributed by atoms with Crippen molar-refractivity contribution in [2.24, 2.45) is 0 Å². The van der Waals surface area contributed by atoms with Crippen LogP contribution >= 0.6 is 0 Å². The zero-order valence-corrected chi connectivity index (χ0v) is 14.3. The lowest BCUT2D eigenvalue weighted by Gasteiger charge is -2.43. The Morgan fingerprint density at radius 2 is 1.45 bits per heavy atom. The first-order valence-electron chi connectivity index (χ1n) is 7.90. The SMILES string of the molecule is CCN(CC)C(C)(C)C(NC)c1ccc(C(C)C)cc1. The predicted octanol–water partition coefficient (Wildman–Crippen LogP) is 4.19. The van der Waals surface area contributed by atoms with Gasteiger partial charge in [0.15, 0.2) is 0 Å². The standard InChI is InChI=1S/C18H32N2/c1-8-20(9-2)18(5,6)17(19-7)16-12-10-15(11-13-16)14(3)4/h10-14,17,19H,8-9H2,1-7H3. The van der Waals surface area contributed by atoms with Crippen LogP contribution in [0.25, 0.3) is 0 Å². The average molecular weight is 276 g/mol. The van der Waals surface area contributed by atoms with Gasteiger partial charge in [-0.2, -0.15) is 0 Å². The summed E-state index contributed by atoms with van der Waals surface area (Å²) in [5.41, 5.74) is 2.87. The van der Waals surface area contributed by atoms with Gasteiger partial charge in [0.2, 0.25) is 0 Å². The monoisotopic (exact) mass is 276 g/mol. The summed E-state index contributed by atoms with van der Waals surface area (Å²) in [4.78, 5) is 2.52. The summed E-state index contributed by atoms with van der Waals surface area (Å²) in [5.74, 6) is 0.591. The molecule has 2 nitrogen and oxygen atoms in total. The van der Waals surface area contributed by atoms with Gasteiger partial charge < -0.3 is 5.32 Å². The molecule has 0 aliphatic carbocycles. The number of hydrogen-bond donors (Lipinski definition) is 1. The van der Waals surface area contributed by atoms with Crippen molar-refractivity contribution in [3.8, 4) is 0 Å². The number of rotatable bonds is 7. The van der Waals surface area contributed by atoms with E-state index in [2.05, 4.69) is 83.1 Å². The molecule has 0 saturated carbocycles. The average Bonchev–Trinajstić information content (AvgIpc) is 2.40. The molecule has 0 aliphatic rings. The van der Waals surface area contributed by atoms with Gasteiger partial charge in [-0.1, -0.05) is 52.0 Å². The highest BCUT2D eigenvalue weighted by molar-refractivity contribution is 5.28. The maximum atomic E-state index is 3.51. The van der Waals surface area contributed by atoms with Gasteiger partial charge >= 0.3 is 0 Å². The van der Waals surface area contributed by atoms with Gasteiger partial charge in [0.25, 0.3) is 0 Å². The van der Waals surface area contributed by atoms with Crippen molar-refractivity contribution in [3.05, 3.63) is 35.4 Å². The fraction of sp³-hybridized carbons (Fsp3) is 0.667. The predicted molar refractivity (Wildman–Crippen MR) is 89.3 cm³/mol. The Morgan fingerprint density at radius 1 is 1.00 bits per heavy atom. The summed E-state index contributed by atoms with van der Waals surface area (Å²) < 4.78 is 0. The van der Waals surface area contributed by atoms with E-state index < -0.39 is 0 Å². The molecule has 0 bridgehead atoms. The van der Waals surface area contributed by atoms with Crippen LogP contribution in [0.1, 0.15) is 64.6 Å². The first kappa shape index (κ1) is 17.2. The van der Waals surface area contributed by atoms with Crippen LogP contribution in [0, 0.1) is 0 Å². The fourth-order valence-corrected chi connectivity index (χ4v) is 3.22. The smallest absolute Gasteiger partial charge is 0.0499 e. The molecule has 1 N–H and O–H groups in total. The Morgan fingerprint density at radius 3 is 1.80 bits per heavy atom. The van der Waals surface area contributed by atoms with Crippen molar-refractivity contribution in [2.75, 3.05) is 20.1 Å². The zero-order valence-electron chi connectivity index (χ0n) is 14.3. The van der Waals surface area contributed by atoms with Gasteiger partial charge in [0.1, 0.15) is 0 Å². The lowest BCUT2D eigenvalue weighted by Crippen LogP contribution is -2.51. The second-order valence-corrected chi connectivity index (χ2v) is 6.37. The third-order valence-corrected chi connectivity index (χ3v) is 4.51. The molecule has 0 radical (unpaired) electrons. The quantitative estimate of drug-likeness (QED) is 0.803. The highest BCUT2D eigenvalue weighted by atomic mass is 15.2. The number of benzene rings is 1. The highest BCUT2D eigenvalue weighted by Gasteiger charge is 2.33. The molecule has 20 heavy (non-hydrogen) atoms. The Labute approximate surface area is 125 Å². The van der Waals surface area contributed by atoms with Gasteiger partial charge in [-0.15, -0.1) is 0 Å². The van der Waals surface area contributed by atoms with E-state index in [0.29, 0.717) is 12.0 Å². The van der Waals surface area contributed by atoms with Crippen molar-refractivity contribution in [1.82, 2.24) is 10.2 Å². The molecule has 0 aliphatic heterocycles. The first-order valence-corrected chi connectivity index (χ1v) is 7.90. The third-order valence-electron chi connectivity index (χ3n) is 4.51. The molecule has 1 unspecified atom stereocenters. The molecule has 0 heterocycles. The van der Waals surface area contributed by atoms with Crippen molar-refractivity contribution in [3.63, 3.8) is 0 Å². The minimum Gasteiger partial charge on any atom is -0.311 e. The van der Waals surface area contributed by atoms with E-state index in [1.807, 2.05) is 0 Å². The zero-order chi connectivity index (χ0) is 15.3. The van der Waals surface area contributed by atoms with Gasteiger partial charge in [0.05, 0.1) is 0 Å². The van der Waals surface area contributed by atoms with E-state index >= 15 is 0 Å². The van der Waals surface area contributed by atoms with Crippen LogP contribution in [0.15, 0.2) is 24.3 Å². The molecule has 0 fully saturated rings.